The Bertz CT molecular complexity index is 687. The van der Waals surface area contributed by atoms with Gasteiger partial charge in [0.25, 0.3) is 0 Å². The molecule has 0 heterocycles. The second-order valence-corrected chi connectivity index (χ2v) is 6.14. The second kappa shape index (κ2) is 6.70. The number of nitrogens with one attached hydrogen (secondary N) is 2. The summed E-state index contributed by atoms with van der Waals surface area (Å²) >= 11 is 6.25. The Morgan fingerprint density at radius 3 is 2.05 bits per heavy atom. The average molecular weight is 438 g/mol. The van der Waals surface area contributed by atoms with E-state index in [4.69, 9.17) is 0 Å². The smallest absolute Gasteiger partial charge is 0.308 e. The van der Waals surface area contributed by atoms with Gasteiger partial charge in [-0.1, -0.05) is 31.9 Å². The summed E-state index contributed by atoms with van der Waals surface area (Å²) in [5.74, 6) is 0. The minimum absolute atomic E-state index is 0.0383. The first kappa shape index (κ1) is 16.8. The van der Waals surface area contributed by atoms with Crippen LogP contribution in [0.1, 0.15) is 5.56 Å². The van der Waals surface area contributed by atoms with Crippen LogP contribution in [0.3, 0.4) is 0 Å². The molecule has 3 nitrogen and oxygen atoms in total. The topological polar surface area (TPSA) is 41.1 Å². The van der Waals surface area contributed by atoms with Gasteiger partial charge in [-0.05, 0) is 42.5 Å². The van der Waals surface area contributed by atoms with E-state index in [1.807, 2.05) is 0 Å². The van der Waals surface area contributed by atoms with Gasteiger partial charge >= 0.3 is 12.2 Å². The van der Waals surface area contributed by atoms with Crippen molar-refractivity contribution < 1.29 is 18.0 Å². The predicted octanol–water partition coefficient (Wildman–Crippen LogP) is 5.87. The first-order chi connectivity index (χ1) is 10.2. The Labute approximate surface area is 141 Å². The fourth-order valence-corrected chi connectivity index (χ4v) is 2.41. The van der Waals surface area contributed by atoms with Gasteiger partial charge in [0.05, 0.1) is 5.56 Å². The van der Waals surface area contributed by atoms with E-state index < -0.39 is 17.8 Å². The number of hydrogen-bond acceptors (Lipinski definition) is 1. The zero-order valence-corrected chi connectivity index (χ0v) is 14.0. The first-order valence-electron chi connectivity index (χ1n) is 5.95. The SMILES string of the molecule is O=C(Nc1ccc(Br)cc1)Nc1cc(Br)cc(C(F)(F)F)c1. The largest absolute Gasteiger partial charge is 0.416 e. The summed E-state index contributed by atoms with van der Waals surface area (Å²) in [6.45, 7) is 0. The van der Waals surface area contributed by atoms with E-state index in [1.165, 1.54) is 6.07 Å². The molecule has 0 bridgehead atoms. The molecule has 0 aliphatic carbocycles. The number of urea groups is 1. The highest BCUT2D eigenvalue weighted by atomic mass is 79.9. The van der Waals surface area contributed by atoms with Crippen LogP contribution in [0, 0.1) is 0 Å². The average Bonchev–Trinajstić information content (AvgIpc) is 2.39. The monoisotopic (exact) mass is 436 g/mol. The van der Waals surface area contributed by atoms with Crippen LogP contribution >= 0.6 is 31.9 Å². The molecule has 0 aliphatic heterocycles. The molecule has 22 heavy (non-hydrogen) atoms. The summed E-state index contributed by atoms with van der Waals surface area (Å²) in [7, 11) is 0. The summed E-state index contributed by atoms with van der Waals surface area (Å²) in [6, 6.07) is 9.35. The maximum atomic E-state index is 12.7. The Hall–Kier alpha value is -1.54. The van der Waals surface area contributed by atoms with Crippen molar-refractivity contribution in [2.24, 2.45) is 0 Å². The first-order valence-corrected chi connectivity index (χ1v) is 7.54. The molecule has 2 amide bonds. The Morgan fingerprint density at radius 2 is 1.45 bits per heavy atom. The van der Waals surface area contributed by atoms with Crippen molar-refractivity contribution in [2.75, 3.05) is 10.6 Å². The predicted molar refractivity (Wildman–Crippen MR) is 85.9 cm³/mol. The van der Waals surface area contributed by atoms with Gasteiger partial charge < -0.3 is 10.6 Å². The zero-order valence-electron chi connectivity index (χ0n) is 10.8. The minimum atomic E-state index is -4.48. The molecule has 0 fully saturated rings. The molecule has 2 aromatic carbocycles. The number of amides is 2. The van der Waals surface area contributed by atoms with Gasteiger partial charge in [-0.2, -0.15) is 13.2 Å². The van der Waals surface area contributed by atoms with Gasteiger partial charge in [-0.25, -0.2) is 4.79 Å². The number of hydrogen-bond donors (Lipinski definition) is 2. The molecule has 2 aromatic rings. The molecule has 0 radical (unpaired) electrons. The van der Waals surface area contributed by atoms with Gasteiger partial charge in [0, 0.05) is 20.3 Å². The lowest BCUT2D eigenvalue weighted by Crippen LogP contribution is -2.19. The van der Waals surface area contributed by atoms with Crippen LogP contribution < -0.4 is 10.6 Å². The molecule has 2 rings (SSSR count). The molecular weight excluding hydrogens is 429 g/mol. The van der Waals surface area contributed by atoms with Crippen LogP contribution in [-0.2, 0) is 6.18 Å². The van der Waals surface area contributed by atoms with Gasteiger partial charge in [0.15, 0.2) is 0 Å². The van der Waals surface area contributed by atoms with E-state index in [-0.39, 0.29) is 10.2 Å². The lowest BCUT2D eigenvalue weighted by molar-refractivity contribution is -0.137. The zero-order chi connectivity index (χ0) is 16.3. The molecule has 0 saturated carbocycles. The Balaban J connectivity index is 2.11. The maximum absolute atomic E-state index is 12.7. The van der Waals surface area contributed by atoms with Gasteiger partial charge in [-0.3, -0.25) is 0 Å². The molecule has 0 unspecified atom stereocenters. The van der Waals surface area contributed by atoms with E-state index >= 15 is 0 Å². The van der Waals surface area contributed by atoms with Crippen LogP contribution in [0.25, 0.3) is 0 Å². The number of alkyl halides is 3. The number of benzene rings is 2. The summed E-state index contributed by atoms with van der Waals surface area (Å²) < 4.78 is 39.2. The van der Waals surface area contributed by atoms with Crippen LogP contribution in [-0.4, -0.2) is 6.03 Å². The Kier molecular flexibility index (Phi) is 5.12. The fourth-order valence-electron chi connectivity index (χ4n) is 1.65. The normalized spacial score (nSPS) is 11.1. The molecular formula is C14H9Br2F3N2O. The molecule has 0 aromatic heterocycles. The summed E-state index contributed by atoms with van der Waals surface area (Å²) in [6.07, 6.45) is -4.48. The van der Waals surface area contributed by atoms with Crippen molar-refractivity contribution in [3.8, 4) is 0 Å². The van der Waals surface area contributed by atoms with Crippen molar-refractivity contribution in [3.05, 3.63) is 57.0 Å². The molecule has 2 N–H and O–H groups in total. The highest BCUT2D eigenvalue weighted by molar-refractivity contribution is 9.10. The standard InChI is InChI=1S/C14H9Br2F3N2O/c15-9-1-3-11(4-2-9)20-13(22)21-12-6-8(14(17,18)19)5-10(16)7-12/h1-7H,(H2,20,21,22). The summed E-state index contributed by atoms with van der Waals surface area (Å²) in [5, 5.41) is 4.89. The lowest BCUT2D eigenvalue weighted by atomic mass is 10.2. The van der Waals surface area contributed by atoms with E-state index in [9.17, 15) is 18.0 Å². The Morgan fingerprint density at radius 1 is 0.864 bits per heavy atom. The minimum Gasteiger partial charge on any atom is -0.308 e. The third-order valence-corrected chi connectivity index (χ3v) is 3.57. The van der Waals surface area contributed by atoms with Crippen molar-refractivity contribution in [2.45, 2.75) is 6.18 Å². The fraction of sp³-hybridized carbons (Fsp3) is 0.0714. The van der Waals surface area contributed by atoms with Crippen LogP contribution in [0.5, 0.6) is 0 Å². The molecule has 0 aliphatic rings. The molecule has 0 spiro atoms. The van der Waals surface area contributed by atoms with E-state index in [1.54, 1.807) is 24.3 Å². The molecule has 8 heteroatoms. The third-order valence-electron chi connectivity index (χ3n) is 2.59. The van der Waals surface area contributed by atoms with Crippen LogP contribution in [0.15, 0.2) is 51.4 Å². The van der Waals surface area contributed by atoms with Crippen molar-refractivity contribution in [1.82, 2.24) is 0 Å². The van der Waals surface area contributed by atoms with Gasteiger partial charge in [-0.15, -0.1) is 0 Å². The van der Waals surface area contributed by atoms with Gasteiger partial charge in [0.1, 0.15) is 0 Å². The summed E-state index contributed by atoms with van der Waals surface area (Å²) in [5.41, 5.74) is -0.288. The van der Waals surface area contributed by atoms with Crippen molar-refractivity contribution >= 4 is 49.3 Å². The lowest BCUT2D eigenvalue weighted by Gasteiger charge is -2.12. The highest BCUT2D eigenvalue weighted by Gasteiger charge is 2.31. The van der Waals surface area contributed by atoms with E-state index in [2.05, 4.69) is 42.5 Å². The number of rotatable bonds is 2. The number of anilines is 2. The quantitative estimate of drug-likeness (QED) is 0.605. The van der Waals surface area contributed by atoms with Crippen LogP contribution in [0.4, 0.5) is 29.3 Å². The van der Waals surface area contributed by atoms with Gasteiger partial charge in [0.2, 0.25) is 0 Å². The highest BCUT2D eigenvalue weighted by Crippen LogP contribution is 2.33. The van der Waals surface area contributed by atoms with Crippen molar-refractivity contribution in [1.29, 1.82) is 0 Å². The number of carbonyl (C=O) groups is 1. The van der Waals surface area contributed by atoms with Crippen molar-refractivity contribution in [3.63, 3.8) is 0 Å². The number of carbonyl (C=O) groups excluding carboxylic acids is 1. The van der Waals surface area contributed by atoms with E-state index in [0.29, 0.717) is 5.69 Å². The van der Waals surface area contributed by atoms with E-state index in [0.717, 1.165) is 16.6 Å². The number of halogens is 5. The third kappa shape index (κ3) is 4.74. The van der Waals surface area contributed by atoms with Crippen LogP contribution in [0.2, 0.25) is 0 Å². The second-order valence-electron chi connectivity index (χ2n) is 4.31. The molecule has 0 atom stereocenters. The molecule has 116 valence electrons. The maximum Gasteiger partial charge on any atom is 0.416 e. The summed E-state index contributed by atoms with van der Waals surface area (Å²) in [4.78, 5) is 11.8. The molecule has 0 saturated heterocycles.